The smallest absolute Gasteiger partial charge is 0.142 e. The molecule has 38 heavy (non-hydrogen) atoms. The van der Waals surface area contributed by atoms with Crippen molar-refractivity contribution in [3.8, 4) is 17.6 Å². The summed E-state index contributed by atoms with van der Waals surface area (Å²) in [7, 11) is 0. The first-order chi connectivity index (χ1) is 18.6. The fourth-order valence-corrected chi connectivity index (χ4v) is 6.34. The van der Waals surface area contributed by atoms with E-state index < -0.39 is 5.41 Å². The summed E-state index contributed by atoms with van der Waals surface area (Å²) in [6, 6.07) is 28.9. The molecule has 0 amide bonds. The molecule has 1 saturated carbocycles. The molecule has 5 heteroatoms. The van der Waals surface area contributed by atoms with Crippen molar-refractivity contribution in [2.75, 3.05) is 19.7 Å². The Labute approximate surface area is 231 Å². The zero-order chi connectivity index (χ0) is 26.4. The molecule has 0 N–H and O–H groups in total. The van der Waals surface area contributed by atoms with Crippen molar-refractivity contribution < 1.29 is 9.47 Å². The molecule has 4 nitrogen and oxygen atoms in total. The highest BCUT2D eigenvalue weighted by molar-refractivity contribution is 6.32. The minimum absolute atomic E-state index is 0.115. The van der Waals surface area contributed by atoms with Gasteiger partial charge in [0, 0.05) is 24.7 Å². The molecule has 2 aliphatic rings. The maximum absolute atomic E-state index is 10.6. The third-order valence-electron chi connectivity index (χ3n) is 8.30. The zero-order valence-corrected chi connectivity index (χ0v) is 22.6. The molecular formula is C33H35ClN2O2. The van der Waals surface area contributed by atoms with Crippen LogP contribution < -0.4 is 9.47 Å². The van der Waals surface area contributed by atoms with Gasteiger partial charge in [-0.15, -0.1) is 0 Å². The highest BCUT2D eigenvalue weighted by Gasteiger charge is 2.48. The molecule has 0 radical (unpaired) electrons. The summed E-state index contributed by atoms with van der Waals surface area (Å²) >= 11 is 6.27. The van der Waals surface area contributed by atoms with Crippen molar-refractivity contribution in [2.24, 2.45) is 0 Å². The van der Waals surface area contributed by atoms with Crippen molar-refractivity contribution >= 4 is 11.6 Å². The third kappa shape index (κ3) is 5.32. The number of nitrogens with zero attached hydrogens (tertiary/aromatic N) is 2. The van der Waals surface area contributed by atoms with Gasteiger partial charge in [-0.1, -0.05) is 97.8 Å². The lowest BCUT2D eigenvalue weighted by molar-refractivity contribution is -0.0589. The second-order valence-corrected chi connectivity index (χ2v) is 10.9. The summed E-state index contributed by atoms with van der Waals surface area (Å²) in [6.07, 6.45) is 8.42. The normalized spacial score (nSPS) is 17.4. The van der Waals surface area contributed by atoms with Crippen LogP contribution in [-0.4, -0.2) is 36.2 Å². The molecule has 1 heterocycles. The monoisotopic (exact) mass is 526 g/mol. The second kappa shape index (κ2) is 11.6. The summed E-state index contributed by atoms with van der Waals surface area (Å²) in [6.45, 7) is 5.88. The topological polar surface area (TPSA) is 45.5 Å². The van der Waals surface area contributed by atoms with Crippen LogP contribution in [0.4, 0.5) is 0 Å². The summed E-state index contributed by atoms with van der Waals surface area (Å²) < 4.78 is 12.0. The average Bonchev–Trinajstić information content (AvgIpc) is 3.42. The van der Waals surface area contributed by atoms with E-state index in [-0.39, 0.29) is 11.6 Å². The van der Waals surface area contributed by atoms with Gasteiger partial charge in [-0.2, -0.15) is 5.26 Å². The van der Waals surface area contributed by atoms with E-state index >= 15 is 0 Å². The van der Waals surface area contributed by atoms with Gasteiger partial charge in [0.05, 0.1) is 11.1 Å². The zero-order valence-electron chi connectivity index (χ0n) is 21.8. The van der Waals surface area contributed by atoms with Gasteiger partial charge in [-0.25, -0.2) is 0 Å². The van der Waals surface area contributed by atoms with Gasteiger partial charge in [-0.3, -0.25) is 4.90 Å². The second-order valence-electron chi connectivity index (χ2n) is 10.5. The largest absolute Gasteiger partial charge is 0.488 e. The molecule has 0 spiro atoms. The van der Waals surface area contributed by atoms with Gasteiger partial charge < -0.3 is 9.47 Å². The van der Waals surface area contributed by atoms with E-state index in [1.807, 2.05) is 54.6 Å². The lowest BCUT2D eigenvalue weighted by Gasteiger charge is -2.51. The molecule has 5 rings (SSSR count). The van der Waals surface area contributed by atoms with Crippen LogP contribution in [0.2, 0.25) is 5.02 Å². The quantitative estimate of drug-likeness (QED) is 0.242. The Morgan fingerprint density at radius 2 is 1.63 bits per heavy atom. The Morgan fingerprint density at radius 1 is 1.00 bits per heavy atom. The average molecular weight is 527 g/mol. The van der Waals surface area contributed by atoms with E-state index in [1.165, 1.54) is 25.7 Å². The molecule has 0 bridgehead atoms. The fraction of sp³-hybridized carbons (Fsp3) is 0.364. The van der Waals surface area contributed by atoms with Crippen molar-refractivity contribution in [3.63, 3.8) is 0 Å². The Morgan fingerprint density at radius 3 is 2.21 bits per heavy atom. The summed E-state index contributed by atoms with van der Waals surface area (Å²) in [5, 5.41) is 11.2. The molecule has 1 aliphatic heterocycles. The minimum Gasteiger partial charge on any atom is -0.488 e. The van der Waals surface area contributed by atoms with Crippen LogP contribution in [0.15, 0.2) is 91.5 Å². The Bertz CT molecular complexity index is 1220. The van der Waals surface area contributed by atoms with Crippen LogP contribution in [0.5, 0.6) is 11.5 Å². The molecule has 196 valence electrons. The molecule has 0 unspecified atom stereocenters. The van der Waals surface area contributed by atoms with Crippen molar-refractivity contribution in [3.05, 3.63) is 108 Å². The Kier molecular flexibility index (Phi) is 8.07. The van der Waals surface area contributed by atoms with E-state index in [9.17, 15) is 5.26 Å². The van der Waals surface area contributed by atoms with Gasteiger partial charge in [0.1, 0.15) is 29.6 Å². The first-order valence-corrected chi connectivity index (χ1v) is 13.9. The number of likely N-dealkylation sites (tertiary alicyclic amines) is 1. The number of hydrogen-bond acceptors (Lipinski definition) is 4. The maximum atomic E-state index is 10.6. The van der Waals surface area contributed by atoms with E-state index in [4.69, 9.17) is 21.1 Å². The van der Waals surface area contributed by atoms with Gasteiger partial charge in [-0.05, 0) is 48.9 Å². The Balaban J connectivity index is 1.30. The van der Waals surface area contributed by atoms with Crippen molar-refractivity contribution in [2.45, 2.75) is 55.6 Å². The molecule has 2 fully saturated rings. The van der Waals surface area contributed by atoms with Crippen LogP contribution in [0.1, 0.15) is 49.7 Å². The highest BCUT2D eigenvalue weighted by Crippen LogP contribution is 2.46. The number of hydrogen-bond donors (Lipinski definition) is 0. The lowest BCUT2D eigenvalue weighted by atomic mass is 9.69. The highest BCUT2D eigenvalue weighted by atomic mass is 35.5. The van der Waals surface area contributed by atoms with Gasteiger partial charge in [0.15, 0.2) is 0 Å². The van der Waals surface area contributed by atoms with Crippen LogP contribution in [-0.2, 0) is 5.41 Å². The third-order valence-corrected chi connectivity index (χ3v) is 8.62. The van der Waals surface area contributed by atoms with Crippen LogP contribution in [0.25, 0.3) is 0 Å². The predicted octanol–water partition coefficient (Wildman–Crippen LogP) is 7.57. The predicted molar refractivity (Wildman–Crippen MR) is 153 cm³/mol. The molecule has 1 saturated heterocycles. The van der Waals surface area contributed by atoms with Crippen molar-refractivity contribution in [1.29, 1.82) is 5.26 Å². The van der Waals surface area contributed by atoms with Crippen LogP contribution in [0.3, 0.4) is 0 Å². The number of benzene rings is 3. The number of halogens is 1. The van der Waals surface area contributed by atoms with Gasteiger partial charge >= 0.3 is 0 Å². The molecule has 3 aromatic rings. The summed E-state index contributed by atoms with van der Waals surface area (Å²) in [5.41, 5.74) is 1.60. The maximum Gasteiger partial charge on any atom is 0.142 e. The van der Waals surface area contributed by atoms with Gasteiger partial charge in [0.25, 0.3) is 0 Å². The number of nitriles is 1. The molecule has 0 atom stereocenters. The van der Waals surface area contributed by atoms with E-state index in [0.717, 1.165) is 42.8 Å². The Hall–Kier alpha value is -3.26. The van der Waals surface area contributed by atoms with Crippen LogP contribution >= 0.6 is 11.6 Å². The summed E-state index contributed by atoms with van der Waals surface area (Å²) in [4.78, 5) is 2.60. The molecule has 1 aliphatic carbocycles. The standard InChI is InChI=1S/C33H35ClN2O2/c1-2-21-37-31-22-28(15-16-30(31)34)38-29-23-36(24-29)32(17-9-10-18-32)19-20-33(25-35,26-11-5-3-6-12-26)27-13-7-4-8-14-27/h2-8,11-16,22,29H,1,9-10,17-21,23-24H2. The first kappa shape index (κ1) is 26.4. The first-order valence-electron chi connectivity index (χ1n) is 13.6. The van der Waals surface area contributed by atoms with Crippen molar-refractivity contribution in [1.82, 2.24) is 4.90 Å². The molecular weight excluding hydrogens is 492 g/mol. The van der Waals surface area contributed by atoms with Crippen LogP contribution in [0, 0.1) is 11.3 Å². The van der Waals surface area contributed by atoms with E-state index in [0.29, 0.717) is 17.4 Å². The number of rotatable bonds is 11. The molecule has 0 aromatic heterocycles. The number of ether oxygens (including phenoxy) is 2. The summed E-state index contributed by atoms with van der Waals surface area (Å²) in [5.74, 6) is 1.39. The SMILES string of the molecule is C=CCOc1cc(OC2CN(C3(CCC(C#N)(c4ccccc4)c4ccccc4)CCCC3)C2)ccc1Cl. The minimum atomic E-state index is -0.663. The van der Waals surface area contributed by atoms with E-state index in [2.05, 4.69) is 41.8 Å². The molecule has 3 aromatic carbocycles. The van der Waals surface area contributed by atoms with Gasteiger partial charge in [0.2, 0.25) is 0 Å². The lowest BCUT2D eigenvalue weighted by Crippen LogP contribution is -2.63. The fourth-order valence-electron chi connectivity index (χ4n) is 6.17. The van der Waals surface area contributed by atoms with E-state index in [1.54, 1.807) is 6.08 Å².